The lowest BCUT2D eigenvalue weighted by atomic mass is 10.1. The van der Waals surface area contributed by atoms with Crippen molar-refractivity contribution in [2.45, 2.75) is 13.0 Å². The fourth-order valence-corrected chi connectivity index (χ4v) is 2.85. The van der Waals surface area contributed by atoms with Crippen LogP contribution in [0.2, 0.25) is 10.0 Å². The number of hydrogen-bond donors (Lipinski definition) is 1. The molecular weight excluding hydrogens is 371 g/mol. The molecule has 0 atom stereocenters. The van der Waals surface area contributed by atoms with E-state index in [0.29, 0.717) is 22.3 Å². The molecular formula is C20H16Cl2N2O2. The summed E-state index contributed by atoms with van der Waals surface area (Å²) in [5.41, 5.74) is 2.08. The minimum Gasteiger partial charge on any atom is -0.324 e. The van der Waals surface area contributed by atoms with Gasteiger partial charge in [-0.2, -0.15) is 0 Å². The van der Waals surface area contributed by atoms with Crippen LogP contribution >= 0.6 is 23.2 Å². The van der Waals surface area contributed by atoms with Gasteiger partial charge in [0.15, 0.2) is 0 Å². The average molecular weight is 387 g/mol. The highest BCUT2D eigenvalue weighted by Gasteiger charge is 2.07. The van der Waals surface area contributed by atoms with Gasteiger partial charge in [0.2, 0.25) is 5.91 Å². The van der Waals surface area contributed by atoms with Gasteiger partial charge in [-0.3, -0.25) is 9.59 Å². The fourth-order valence-electron chi connectivity index (χ4n) is 2.53. The Balaban J connectivity index is 1.72. The van der Waals surface area contributed by atoms with Crippen LogP contribution in [-0.4, -0.2) is 10.5 Å². The van der Waals surface area contributed by atoms with E-state index in [1.165, 1.54) is 10.6 Å². The number of amides is 1. The number of hydrogen-bond acceptors (Lipinski definition) is 2. The molecule has 26 heavy (non-hydrogen) atoms. The Bertz CT molecular complexity index is 982. The summed E-state index contributed by atoms with van der Waals surface area (Å²) in [6, 6.07) is 17.5. The molecule has 6 heteroatoms. The minimum absolute atomic E-state index is 0.166. The smallest absolute Gasteiger partial charge is 0.250 e. The van der Waals surface area contributed by atoms with E-state index >= 15 is 0 Å². The molecule has 0 radical (unpaired) electrons. The second-order valence-electron chi connectivity index (χ2n) is 5.83. The first-order valence-corrected chi connectivity index (χ1v) is 8.75. The Labute approximate surface area is 161 Å². The highest BCUT2D eigenvalue weighted by atomic mass is 35.5. The Morgan fingerprint density at radius 2 is 1.69 bits per heavy atom. The van der Waals surface area contributed by atoms with E-state index in [4.69, 9.17) is 23.2 Å². The third kappa shape index (κ3) is 4.75. The molecule has 0 aliphatic carbocycles. The van der Waals surface area contributed by atoms with Crippen LogP contribution in [0.4, 0.5) is 5.69 Å². The lowest BCUT2D eigenvalue weighted by molar-refractivity contribution is -0.115. The number of benzene rings is 2. The first kappa shape index (κ1) is 18.2. The number of nitrogens with zero attached hydrogens (tertiary/aromatic N) is 1. The van der Waals surface area contributed by atoms with Gasteiger partial charge in [-0.25, -0.2) is 0 Å². The fraction of sp³-hybridized carbons (Fsp3) is 0.100. The molecule has 0 bridgehead atoms. The van der Waals surface area contributed by atoms with Crippen LogP contribution in [0.3, 0.4) is 0 Å². The van der Waals surface area contributed by atoms with Crippen LogP contribution in [-0.2, 0) is 17.8 Å². The zero-order valence-electron chi connectivity index (χ0n) is 13.8. The SMILES string of the molecule is O=C(Cc1ccc(Cl)cc1)Nc1ccc(=O)n(Cc2ccccc2Cl)c1. The summed E-state index contributed by atoms with van der Waals surface area (Å²) < 4.78 is 1.51. The summed E-state index contributed by atoms with van der Waals surface area (Å²) in [6.45, 7) is 0.333. The molecule has 1 heterocycles. The van der Waals surface area contributed by atoms with E-state index in [0.717, 1.165) is 11.1 Å². The Hall–Kier alpha value is -2.56. The average Bonchev–Trinajstić information content (AvgIpc) is 2.62. The van der Waals surface area contributed by atoms with E-state index in [1.807, 2.05) is 18.2 Å². The minimum atomic E-state index is -0.171. The van der Waals surface area contributed by atoms with Crippen LogP contribution in [0, 0.1) is 0 Å². The van der Waals surface area contributed by atoms with Gasteiger partial charge in [0, 0.05) is 22.3 Å². The summed E-state index contributed by atoms with van der Waals surface area (Å²) in [5.74, 6) is -0.171. The molecule has 0 fully saturated rings. The molecule has 4 nitrogen and oxygen atoms in total. The van der Waals surface area contributed by atoms with Gasteiger partial charge in [-0.05, 0) is 35.4 Å². The molecule has 0 unspecified atom stereocenters. The first-order valence-electron chi connectivity index (χ1n) is 7.99. The number of aromatic nitrogens is 1. The number of carbonyl (C=O) groups excluding carboxylic acids is 1. The van der Waals surface area contributed by atoms with Gasteiger partial charge >= 0.3 is 0 Å². The Kier molecular flexibility index (Phi) is 5.76. The van der Waals surface area contributed by atoms with Crippen molar-refractivity contribution < 1.29 is 4.79 Å². The summed E-state index contributed by atoms with van der Waals surface area (Å²) in [6.07, 6.45) is 1.84. The number of anilines is 1. The summed E-state index contributed by atoms with van der Waals surface area (Å²) >= 11 is 12.0. The maximum atomic E-state index is 12.2. The summed E-state index contributed by atoms with van der Waals surface area (Å²) in [4.78, 5) is 24.3. The second-order valence-corrected chi connectivity index (χ2v) is 6.67. The van der Waals surface area contributed by atoms with Crippen molar-refractivity contribution in [1.82, 2.24) is 4.57 Å². The molecule has 0 spiro atoms. The predicted molar refractivity (Wildman–Crippen MR) is 105 cm³/mol. The zero-order valence-corrected chi connectivity index (χ0v) is 15.3. The third-order valence-electron chi connectivity index (χ3n) is 3.84. The van der Waals surface area contributed by atoms with Gasteiger partial charge in [-0.15, -0.1) is 0 Å². The molecule has 1 aromatic heterocycles. The largest absolute Gasteiger partial charge is 0.324 e. The normalized spacial score (nSPS) is 10.5. The van der Waals surface area contributed by atoms with Crippen molar-refractivity contribution in [2.75, 3.05) is 5.32 Å². The highest BCUT2D eigenvalue weighted by molar-refractivity contribution is 6.31. The number of pyridine rings is 1. The van der Waals surface area contributed by atoms with Gasteiger partial charge in [-0.1, -0.05) is 53.5 Å². The Morgan fingerprint density at radius 1 is 0.962 bits per heavy atom. The van der Waals surface area contributed by atoms with E-state index in [-0.39, 0.29) is 17.9 Å². The topological polar surface area (TPSA) is 51.1 Å². The van der Waals surface area contributed by atoms with Crippen molar-refractivity contribution in [3.63, 3.8) is 0 Å². The Morgan fingerprint density at radius 3 is 2.42 bits per heavy atom. The number of nitrogens with one attached hydrogen (secondary N) is 1. The van der Waals surface area contributed by atoms with E-state index < -0.39 is 0 Å². The number of carbonyl (C=O) groups is 1. The van der Waals surface area contributed by atoms with Crippen molar-refractivity contribution in [3.8, 4) is 0 Å². The maximum absolute atomic E-state index is 12.2. The number of rotatable bonds is 5. The standard InChI is InChI=1S/C20H16Cl2N2O2/c21-16-7-5-14(6-8-16)11-19(25)23-17-9-10-20(26)24(13-17)12-15-3-1-2-4-18(15)22/h1-10,13H,11-12H2,(H,23,25). The molecule has 0 aliphatic rings. The van der Waals surface area contributed by atoms with Crippen LogP contribution < -0.4 is 10.9 Å². The van der Waals surface area contributed by atoms with Crippen LogP contribution in [0.15, 0.2) is 71.7 Å². The first-order chi connectivity index (χ1) is 12.5. The van der Waals surface area contributed by atoms with Gasteiger partial charge in [0.05, 0.1) is 18.7 Å². The highest BCUT2D eigenvalue weighted by Crippen LogP contribution is 2.16. The van der Waals surface area contributed by atoms with Crippen molar-refractivity contribution >= 4 is 34.8 Å². The van der Waals surface area contributed by atoms with Crippen LogP contribution in [0.5, 0.6) is 0 Å². The summed E-state index contributed by atoms with van der Waals surface area (Å²) in [5, 5.41) is 4.03. The predicted octanol–water partition coefficient (Wildman–Crippen LogP) is 4.38. The molecule has 0 saturated heterocycles. The van der Waals surface area contributed by atoms with Gasteiger partial charge < -0.3 is 9.88 Å². The van der Waals surface area contributed by atoms with E-state index in [2.05, 4.69) is 5.32 Å². The molecule has 0 saturated carbocycles. The van der Waals surface area contributed by atoms with Crippen molar-refractivity contribution in [1.29, 1.82) is 0 Å². The number of halogens is 2. The van der Waals surface area contributed by atoms with E-state index in [1.54, 1.807) is 42.6 Å². The lowest BCUT2D eigenvalue weighted by Crippen LogP contribution is -2.21. The van der Waals surface area contributed by atoms with Gasteiger partial charge in [0.1, 0.15) is 0 Å². The molecule has 3 aromatic rings. The third-order valence-corrected chi connectivity index (χ3v) is 4.46. The molecule has 1 N–H and O–H groups in total. The zero-order chi connectivity index (χ0) is 18.5. The molecule has 3 rings (SSSR count). The van der Waals surface area contributed by atoms with Gasteiger partial charge in [0.25, 0.3) is 5.56 Å². The molecule has 2 aromatic carbocycles. The maximum Gasteiger partial charge on any atom is 0.250 e. The van der Waals surface area contributed by atoms with E-state index in [9.17, 15) is 9.59 Å². The van der Waals surface area contributed by atoms with Crippen LogP contribution in [0.25, 0.3) is 0 Å². The monoisotopic (exact) mass is 386 g/mol. The van der Waals surface area contributed by atoms with Crippen molar-refractivity contribution in [2.24, 2.45) is 0 Å². The summed E-state index contributed by atoms with van der Waals surface area (Å²) in [7, 11) is 0. The molecule has 1 amide bonds. The second kappa shape index (κ2) is 8.21. The van der Waals surface area contributed by atoms with Crippen molar-refractivity contribution in [3.05, 3.63) is 98.4 Å². The lowest BCUT2D eigenvalue weighted by Gasteiger charge is -2.11. The quantitative estimate of drug-likeness (QED) is 0.706. The van der Waals surface area contributed by atoms with Crippen LogP contribution in [0.1, 0.15) is 11.1 Å². The molecule has 132 valence electrons. The molecule has 0 aliphatic heterocycles.